The first-order chi connectivity index (χ1) is 13.2. The maximum Gasteiger partial charge on any atom is 0.162 e. The van der Waals surface area contributed by atoms with Crippen LogP contribution >= 0.6 is 0 Å². The molecule has 4 rings (SSSR count). The van der Waals surface area contributed by atoms with E-state index >= 15 is 0 Å². The SMILES string of the molecule is COc1cc2ncnc(N3CCN(c4cccc(C)c4)CC3)c2cc1OC. The van der Waals surface area contributed by atoms with Crippen molar-refractivity contribution in [3.05, 3.63) is 48.3 Å². The van der Waals surface area contributed by atoms with E-state index in [1.54, 1.807) is 20.5 Å². The summed E-state index contributed by atoms with van der Waals surface area (Å²) in [6.45, 7) is 5.88. The highest BCUT2D eigenvalue weighted by atomic mass is 16.5. The largest absolute Gasteiger partial charge is 0.493 e. The summed E-state index contributed by atoms with van der Waals surface area (Å²) in [5.74, 6) is 2.32. The zero-order valence-corrected chi connectivity index (χ0v) is 16.0. The lowest BCUT2D eigenvalue weighted by Crippen LogP contribution is -2.47. The third-order valence-electron chi connectivity index (χ3n) is 5.07. The maximum atomic E-state index is 5.47. The van der Waals surface area contributed by atoms with Gasteiger partial charge >= 0.3 is 0 Å². The monoisotopic (exact) mass is 364 g/mol. The van der Waals surface area contributed by atoms with Crippen LogP contribution in [0.2, 0.25) is 0 Å². The molecule has 1 saturated heterocycles. The molecule has 2 heterocycles. The Kier molecular flexibility index (Phi) is 4.71. The van der Waals surface area contributed by atoms with Crippen molar-refractivity contribution in [3.8, 4) is 11.5 Å². The normalized spacial score (nSPS) is 14.5. The van der Waals surface area contributed by atoms with Gasteiger partial charge in [-0.05, 0) is 30.7 Å². The van der Waals surface area contributed by atoms with Gasteiger partial charge in [0.2, 0.25) is 0 Å². The van der Waals surface area contributed by atoms with Crippen LogP contribution in [0.5, 0.6) is 11.5 Å². The van der Waals surface area contributed by atoms with Crippen molar-refractivity contribution < 1.29 is 9.47 Å². The number of hydrogen-bond donors (Lipinski definition) is 0. The second-order valence-electron chi connectivity index (χ2n) is 6.73. The number of aryl methyl sites for hydroxylation is 1. The zero-order valence-electron chi connectivity index (χ0n) is 16.0. The summed E-state index contributed by atoms with van der Waals surface area (Å²) in [6, 6.07) is 12.6. The van der Waals surface area contributed by atoms with Crippen molar-refractivity contribution in [1.82, 2.24) is 9.97 Å². The molecule has 6 nitrogen and oxygen atoms in total. The quantitative estimate of drug-likeness (QED) is 0.708. The molecule has 0 atom stereocenters. The third-order valence-corrected chi connectivity index (χ3v) is 5.07. The molecule has 0 radical (unpaired) electrons. The van der Waals surface area contributed by atoms with Crippen LogP contribution in [0, 0.1) is 6.92 Å². The molecule has 1 aliphatic heterocycles. The smallest absolute Gasteiger partial charge is 0.162 e. The van der Waals surface area contributed by atoms with Gasteiger partial charge in [-0.3, -0.25) is 0 Å². The highest BCUT2D eigenvalue weighted by molar-refractivity contribution is 5.92. The molecule has 3 aromatic rings. The molecular formula is C21H24N4O2. The minimum Gasteiger partial charge on any atom is -0.493 e. The van der Waals surface area contributed by atoms with Crippen LogP contribution in [0.3, 0.4) is 0 Å². The number of nitrogens with zero attached hydrogens (tertiary/aromatic N) is 4. The van der Waals surface area contributed by atoms with Crippen LogP contribution in [0.25, 0.3) is 10.9 Å². The molecule has 140 valence electrons. The number of methoxy groups -OCH3 is 2. The Morgan fingerprint density at radius 2 is 1.56 bits per heavy atom. The number of piperazine rings is 1. The Morgan fingerprint density at radius 1 is 0.852 bits per heavy atom. The fourth-order valence-corrected chi connectivity index (χ4v) is 3.62. The van der Waals surface area contributed by atoms with Crippen LogP contribution in [0.1, 0.15) is 5.56 Å². The lowest BCUT2D eigenvalue weighted by atomic mass is 10.1. The van der Waals surface area contributed by atoms with Gasteiger partial charge in [-0.1, -0.05) is 12.1 Å². The van der Waals surface area contributed by atoms with Crippen LogP contribution < -0.4 is 19.3 Å². The van der Waals surface area contributed by atoms with E-state index in [1.807, 2.05) is 12.1 Å². The highest BCUT2D eigenvalue weighted by Gasteiger charge is 2.21. The number of aromatic nitrogens is 2. The summed E-state index contributed by atoms with van der Waals surface area (Å²) in [6.07, 6.45) is 1.62. The molecule has 0 bridgehead atoms. The molecule has 0 aliphatic carbocycles. The van der Waals surface area contributed by atoms with Gasteiger partial charge in [-0.2, -0.15) is 0 Å². The van der Waals surface area contributed by atoms with Crippen LogP contribution in [0.15, 0.2) is 42.7 Å². The number of rotatable bonds is 4. The fourth-order valence-electron chi connectivity index (χ4n) is 3.62. The number of fused-ring (bicyclic) bond motifs is 1. The highest BCUT2D eigenvalue weighted by Crippen LogP contribution is 2.35. The Balaban J connectivity index is 1.60. The Hall–Kier alpha value is -3.02. The van der Waals surface area contributed by atoms with E-state index in [9.17, 15) is 0 Å². The molecule has 6 heteroatoms. The van der Waals surface area contributed by atoms with Crippen molar-refractivity contribution in [2.75, 3.05) is 50.2 Å². The van der Waals surface area contributed by atoms with E-state index in [0.717, 1.165) is 42.9 Å². The van der Waals surface area contributed by atoms with Crippen LogP contribution in [0.4, 0.5) is 11.5 Å². The summed E-state index contributed by atoms with van der Waals surface area (Å²) in [4.78, 5) is 13.7. The molecule has 0 N–H and O–H groups in total. The van der Waals surface area contributed by atoms with Crippen molar-refractivity contribution >= 4 is 22.4 Å². The molecule has 0 saturated carbocycles. The minimum absolute atomic E-state index is 0.680. The maximum absolute atomic E-state index is 5.47. The van der Waals surface area contributed by atoms with Gasteiger partial charge in [-0.25, -0.2) is 9.97 Å². The van der Waals surface area contributed by atoms with Gasteiger partial charge in [0.25, 0.3) is 0 Å². The van der Waals surface area contributed by atoms with Crippen LogP contribution in [-0.4, -0.2) is 50.4 Å². The van der Waals surface area contributed by atoms with E-state index in [4.69, 9.17) is 9.47 Å². The molecule has 2 aromatic carbocycles. The van der Waals surface area contributed by atoms with Crippen molar-refractivity contribution in [1.29, 1.82) is 0 Å². The van der Waals surface area contributed by atoms with Crippen molar-refractivity contribution in [3.63, 3.8) is 0 Å². The van der Waals surface area contributed by atoms with E-state index in [2.05, 4.69) is 51.0 Å². The Bertz CT molecular complexity index is 952. The lowest BCUT2D eigenvalue weighted by molar-refractivity contribution is 0.356. The van der Waals surface area contributed by atoms with Gasteiger partial charge in [-0.15, -0.1) is 0 Å². The van der Waals surface area contributed by atoms with E-state index in [-0.39, 0.29) is 0 Å². The number of anilines is 2. The van der Waals surface area contributed by atoms with E-state index in [1.165, 1.54) is 11.3 Å². The van der Waals surface area contributed by atoms with Gasteiger partial charge in [0.1, 0.15) is 12.1 Å². The fraction of sp³-hybridized carbons (Fsp3) is 0.333. The molecule has 1 fully saturated rings. The Morgan fingerprint density at radius 3 is 2.26 bits per heavy atom. The summed E-state index contributed by atoms with van der Waals surface area (Å²) in [5.41, 5.74) is 3.44. The van der Waals surface area contributed by atoms with Gasteiger partial charge < -0.3 is 19.3 Å². The number of ether oxygens (including phenoxy) is 2. The molecule has 1 aliphatic rings. The number of benzene rings is 2. The summed E-state index contributed by atoms with van der Waals surface area (Å²) in [7, 11) is 3.28. The molecule has 27 heavy (non-hydrogen) atoms. The topological polar surface area (TPSA) is 50.7 Å². The average Bonchev–Trinajstić information content (AvgIpc) is 2.72. The molecule has 0 spiro atoms. The first kappa shape index (κ1) is 17.4. The molecule has 0 amide bonds. The summed E-state index contributed by atoms with van der Waals surface area (Å²) in [5, 5.41) is 0.985. The number of hydrogen-bond acceptors (Lipinski definition) is 6. The predicted molar refractivity (Wildman–Crippen MR) is 108 cm³/mol. The van der Waals surface area contributed by atoms with Gasteiger partial charge in [0.05, 0.1) is 19.7 Å². The summed E-state index contributed by atoms with van der Waals surface area (Å²) >= 11 is 0. The van der Waals surface area contributed by atoms with Gasteiger partial charge in [0, 0.05) is 43.3 Å². The second kappa shape index (κ2) is 7.31. The zero-order chi connectivity index (χ0) is 18.8. The van der Waals surface area contributed by atoms with Crippen LogP contribution in [-0.2, 0) is 0 Å². The van der Waals surface area contributed by atoms with Gasteiger partial charge in [0.15, 0.2) is 11.5 Å². The predicted octanol–water partition coefficient (Wildman–Crippen LogP) is 3.28. The summed E-state index contributed by atoms with van der Waals surface area (Å²) < 4.78 is 10.9. The third kappa shape index (κ3) is 3.35. The lowest BCUT2D eigenvalue weighted by Gasteiger charge is -2.37. The second-order valence-corrected chi connectivity index (χ2v) is 6.73. The first-order valence-electron chi connectivity index (χ1n) is 9.13. The van der Waals surface area contributed by atoms with Crippen molar-refractivity contribution in [2.45, 2.75) is 6.92 Å². The molecule has 0 unspecified atom stereocenters. The standard InChI is InChI=1S/C21H24N4O2/c1-15-5-4-6-16(11-15)24-7-9-25(10-8-24)21-17-12-19(26-2)20(27-3)13-18(17)22-14-23-21/h4-6,11-14H,7-10H2,1-3H3. The van der Waals surface area contributed by atoms with E-state index in [0.29, 0.717) is 11.5 Å². The molecular weight excluding hydrogens is 340 g/mol. The minimum atomic E-state index is 0.680. The Labute approximate surface area is 159 Å². The van der Waals surface area contributed by atoms with Crippen molar-refractivity contribution in [2.24, 2.45) is 0 Å². The average molecular weight is 364 g/mol. The molecule has 1 aromatic heterocycles. The first-order valence-corrected chi connectivity index (χ1v) is 9.13. The van der Waals surface area contributed by atoms with E-state index < -0.39 is 0 Å².